The van der Waals surface area contributed by atoms with Crippen LogP contribution in [0.3, 0.4) is 0 Å². The molecule has 0 amide bonds. The number of allylic oxidation sites excluding steroid dienone is 1. The van der Waals surface area contributed by atoms with Gasteiger partial charge in [-0.15, -0.1) is 0 Å². The van der Waals surface area contributed by atoms with Crippen LogP contribution in [0.2, 0.25) is 0 Å². The minimum Gasteiger partial charge on any atom is -0.364 e. The van der Waals surface area contributed by atoms with E-state index in [1.54, 1.807) is 6.26 Å². The average Bonchev–Trinajstić information content (AvgIpc) is 2.69. The Balaban J connectivity index is 1.90. The molecule has 2 unspecified atom stereocenters. The second kappa shape index (κ2) is 3.24. The van der Waals surface area contributed by atoms with Crippen molar-refractivity contribution in [1.82, 2.24) is 10.5 Å². The first-order valence-corrected chi connectivity index (χ1v) is 5.25. The molecule has 0 aromatic carbocycles. The van der Waals surface area contributed by atoms with Gasteiger partial charge in [0.15, 0.2) is 0 Å². The van der Waals surface area contributed by atoms with Crippen LogP contribution in [-0.2, 0) is 0 Å². The zero-order chi connectivity index (χ0) is 9.38. The lowest BCUT2D eigenvalue weighted by molar-refractivity contribution is 0.335. The molecule has 2 heterocycles. The van der Waals surface area contributed by atoms with Crippen molar-refractivity contribution in [2.45, 2.75) is 25.3 Å². The fraction of sp³-hybridized carbons (Fsp3) is 0.545. The predicted molar refractivity (Wildman–Crippen MR) is 53.6 cm³/mol. The monoisotopic (exact) mass is 190 g/mol. The summed E-state index contributed by atoms with van der Waals surface area (Å²) in [4.78, 5) is 0. The van der Waals surface area contributed by atoms with Crippen molar-refractivity contribution in [1.29, 1.82) is 0 Å². The molecule has 1 aliphatic carbocycles. The van der Waals surface area contributed by atoms with Gasteiger partial charge in [0.2, 0.25) is 0 Å². The number of nitrogens with zero attached hydrogens (tertiary/aromatic N) is 1. The van der Waals surface area contributed by atoms with Crippen molar-refractivity contribution in [3.05, 3.63) is 24.1 Å². The van der Waals surface area contributed by atoms with E-state index in [2.05, 4.69) is 16.5 Å². The fourth-order valence-electron chi connectivity index (χ4n) is 2.54. The van der Waals surface area contributed by atoms with Crippen LogP contribution in [0.15, 0.2) is 23.1 Å². The summed E-state index contributed by atoms with van der Waals surface area (Å²) in [5.74, 6) is 0.764. The SMILES string of the molecule is C1=C(c2cnoc2)CC2CC1CCN2. The summed E-state index contributed by atoms with van der Waals surface area (Å²) in [6.07, 6.45) is 9.65. The minimum atomic E-state index is 0.670. The molecule has 3 nitrogen and oxygen atoms in total. The maximum atomic E-state index is 4.88. The molecule has 14 heavy (non-hydrogen) atoms. The Labute approximate surface area is 83.2 Å². The average molecular weight is 190 g/mol. The highest BCUT2D eigenvalue weighted by atomic mass is 16.5. The number of nitrogens with one attached hydrogen (secondary N) is 1. The third-order valence-corrected chi connectivity index (χ3v) is 3.24. The molecule has 0 radical (unpaired) electrons. The third kappa shape index (κ3) is 1.38. The second-order valence-corrected chi connectivity index (χ2v) is 4.24. The molecule has 1 aromatic heterocycles. The van der Waals surface area contributed by atoms with E-state index in [0.29, 0.717) is 6.04 Å². The van der Waals surface area contributed by atoms with Crippen LogP contribution in [0.4, 0.5) is 0 Å². The quantitative estimate of drug-likeness (QED) is 0.734. The predicted octanol–water partition coefficient (Wildman–Crippen LogP) is 1.83. The summed E-state index contributed by atoms with van der Waals surface area (Å²) in [7, 11) is 0. The van der Waals surface area contributed by atoms with Gasteiger partial charge in [-0.1, -0.05) is 11.2 Å². The third-order valence-electron chi connectivity index (χ3n) is 3.24. The molecule has 1 N–H and O–H groups in total. The van der Waals surface area contributed by atoms with Crippen molar-refractivity contribution in [3.63, 3.8) is 0 Å². The van der Waals surface area contributed by atoms with Crippen LogP contribution >= 0.6 is 0 Å². The van der Waals surface area contributed by atoms with E-state index in [1.807, 2.05) is 6.20 Å². The highest BCUT2D eigenvalue weighted by Gasteiger charge is 2.26. The molecule has 2 aliphatic rings. The molecule has 1 fully saturated rings. The first kappa shape index (κ1) is 8.24. The highest BCUT2D eigenvalue weighted by Crippen LogP contribution is 2.33. The van der Waals surface area contributed by atoms with E-state index >= 15 is 0 Å². The molecule has 1 aromatic rings. The Morgan fingerprint density at radius 1 is 1.50 bits per heavy atom. The molecule has 2 atom stereocenters. The van der Waals surface area contributed by atoms with Crippen LogP contribution in [0.25, 0.3) is 5.57 Å². The second-order valence-electron chi connectivity index (χ2n) is 4.24. The van der Waals surface area contributed by atoms with Gasteiger partial charge in [-0.3, -0.25) is 0 Å². The Hall–Kier alpha value is -1.09. The Morgan fingerprint density at radius 3 is 3.29 bits per heavy atom. The minimum absolute atomic E-state index is 0.670. The summed E-state index contributed by atoms with van der Waals surface area (Å²) < 4.78 is 4.88. The summed E-state index contributed by atoms with van der Waals surface area (Å²) in [5.41, 5.74) is 2.56. The highest BCUT2D eigenvalue weighted by molar-refractivity contribution is 5.65. The molecule has 3 heteroatoms. The molecular formula is C11H14N2O. The zero-order valence-corrected chi connectivity index (χ0v) is 8.07. The normalized spacial score (nSPS) is 31.3. The molecule has 2 bridgehead atoms. The lowest BCUT2D eigenvalue weighted by atomic mass is 9.81. The molecule has 0 spiro atoms. The molecule has 0 saturated carbocycles. The smallest absolute Gasteiger partial charge is 0.131 e. The van der Waals surface area contributed by atoms with Crippen LogP contribution in [0, 0.1) is 5.92 Å². The maximum absolute atomic E-state index is 4.88. The summed E-state index contributed by atoms with van der Waals surface area (Å²) in [6.45, 7) is 1.17. The van der Waals surface area contributed by atoms with Gasteiger partial charge in [0.1, 0.15) is 6.26 Å². The van der Waals surface area contributed by atoms with Gasteiger partial charge in [-0.2, -0.15) is 0 Å². The Kier molecular flexibility index (Phi) is 1.91. The van der Waals surface area contributed by atoms with Gasteiger partial charge in [-0.25, -0.2) is 0 Å². The Morgan fingerprint density at radius 2 is 2.50 bits per heavy atom. The van der Waals surface area contributed by atoms with Gasteiger partial charge in [0.25, 0.3) is 0 Å². The first-order chi connectivity index (χ1) is 6.92. The number of aromatic nitrogens is 1. The zero-order valence-electron chi connectivity index (χ0n) is 8.07. The number of hydrogen-bond acceptors (Lipinski definition) is 3. The van der Waals surface area contributed by atoms with E-state index < -0.39 is 0 Å². The topological polar surface area (TPSA) is 38.1 Å². The van der Waals surface area contributed by atoms with E-state index in [4.69, 9.17) is 4.52 Å². The molecule has 74 valence electrons. The molecule has 1 saturated heterocycles. The number of hydrogen-bond donors (Lipinski definition) is 1. The van der Waals surface area contributed by atoms with Crippen molar-refractivity contribution >= 4 is 5.57 Å². The maximum Gasteiger partial charge on any atom is 0.131 e. The Bertz CT molecular complexity index is 342. The van der Waals surface area contributed by atoms with Crippen molar-refractivity contribution in [3.8, 4) is 0 Å². The van der Waals surface area contributed by atoms with E-state index in [-0.39, 0.29) is 0 Å². The van der Waals surface area contributed by atoms with Crippen LogP contribution in [0.5, 0.6) is 0 Å². The van der Waals surface area contributed by atoms with Gasteiger partial charge >= 0.3 is 0 Å². The number of piperidine rings is 1. The largest absolute Gasteiger partial charge is 0.364 e. The summed E-state index contributed by atoms with van der Waals surface area (Å²) >= 11 is 0. The van der Waals surface area contributed by atoms with Gasteiger partial charge in [-0.05, 0) is 37.3 Å². The molecular weight excluding hydrogens is 176 g/mol. The lowest BCUT2D eigenvalue weighted by Gasteiger charge is -2.34. The van der Waals surface area contributed by atoms with E-state index in [0.717, 1.165) is 17.9 Å². The molecule has 1 aliphatic heterocycles. The van der Waals surface area contributed by atoms with Crippen LogP contribution < -0.4 is 5.32 Å². The van der Waals surface area contributed by atoms with Crippen molar-refractivity contribution < 1.29 is 4.52 Å². The number of fused-ring (bicyclic) bond motifs is 2. The van der Waals surface area contributed by atoms with E-state index in [9.17, 15) is 0 Å². The summed E-state index contributed by atoms with van der Waals surface area (Å²) in [6, 6.07) is 0.670. The molecule has 3 rings (SSSR count). The van der Waals surface area contributed by atoms with Crippen LogP contribution in [-0.4, -0.2) is 17.7 Å². The van der Waals surface area contributed by atoms with Gasteiger partial charge in [0.05, 0.1) is 6.20 Å². The van der Waals surface area contributed by atoms with E-state index in [1.165, 1.54) is 25.0 Å². The number of rotatable bonds is 1. The lowest BCUT2D eigenvalue weighted by Crippen LogP contribution is -2.39. The van der Waals surface area contributed by atoms with Crippen molar-refractivity contribution in [2.75, 3.05) is 6.54 Å². The fourth-order valence-corrected chi connectivity index (χ4v) is 2.54. The summed E-state index contributed by atoms with van der Waals surface area (Å²) in [5, 5.41) is 7.31. The first-order valence-electron chi connectivity index (χ1n) is 5.25. The van der Waals surface area contributed by atoms with Gasteiger partial charge < -0.3 is 9.84 Å². The standard InChI is InChI=1S/C11H14N2O/c1-2-12-11-4-8(1)3-9(5-11)10-6-13-14-7-10/h3,6-8,11-12H,1-2,4-5H2. The van der Waals surface area contributed by atoms with Crippen LogP contribution in [0.1, 0.15) is 24.8 Å². The van der Waals surface area contributed by atoms with Crippen molar-refractivity contribution in [2.24, 2.45) is 5.92 Å². The van der Waals surface area contributed by atoms with Gasteiger partial charge in [0, 0.05) is 11.6 Å².